The summed E-state index contributed by atoms with van der Waals surface area (Å²) < 4.78 is 10.8. The van der Waals surface area contributed by atoms with Crippen LogP contribution in [0.15, 0.2) is 0 Å². The van der Waals surface area contributed by atoms with Gasteiger partial charge in [-0.15, -0.1) is 0 Å². The van der Waals surface area contributed by atoms with E-state index in [-0.39, 0.29) is 5.60 Å². The van der Waals surface area contributed by atoms with E-state index in [0.717, 1.165) is 6.42 Å². The highest BCUT2D eigenvalue weighted by atomic mass is 16.6. The lowest BCUT2D eigenvalue weighted by molar-refractivity contribution is 0.0497. The number of ether oxygens (including phenoxy) is 2. The molecule has 0 N–H and O–H groups in total. The molecule has 2 rings (SSSR count). The average molecular weight is 142 g/mol. The molecular formula is C8H14O2. The molecule has 0 bridgehead atoms. The Morgan fingerprint density at radius 3 is 2.50 bits per heavy atom. The third-order valence-corrected chi connectivity index (χ3v) is 3.09. The second-order valence-corrected chi connectivity index (χ2v) is 3.63. The molecule has 4 atom stereocenters. The Hall–Kier alpha value is -0.0800. The highest BCUT2D eigenvalue weighted by Gasteiger charge is 2.65. The van der Waals surface area contributed by atoms with Crippen LogP contribution in [0.25, 0.3) is 0 Å². The zero-order valence-electron chi connectivity index (χ0n) is 6.76. The summed E-state index contributed by atoms with van der Waals surface area (Å²) >= 11 is 0. The minimum absolute atomic E-state index is 0.167. The van der Waals surface area contributed by atoms with Crippen LogP contribution in [0.4, 0.5) is 0 Å². The first-order valence-corrected chi connectivity index (χ1v) is 3.89. The quantitative estimate of drug-likeness (QED) is 0.513. The zero-order valence-corrected chi connectivity index (χ0v) is 6.76. The van der Waals surface area contributed by atoms with Crippen molar-refractivity contribution in [3.8, 4) is 0 Å². The Morgan fingerprint density at radius 2 is 2.30 bits per heavy atom. The fraction of sp³-hybridized carbons (Fsp3) is 1.00. The number of epoxide rings is 1. The van der Waals surface area contributed by atoms with Crippen LogP contribution in [0, 0.1) is 5.92 Å². The molecule has 0 radical (unpaired) electrons. The second-order valence-electron chi connectivity index (χ2n) is 3.63. The maximum atomic E-state index is 5.53. The van der Waals surface area contributed by atoms with E-state index in [1.165, 1.54) is 0 Å². The maximum Gasteiger partial charge on any atom is 0.113 e. The van der Waals surface area contributed by atoms with Gasteiger partial charge in [0.15, 0.2) is 0 Å². The van der Waals surface area contributed by atoms with Crippen molar-refractivity contribution < 1.29 is 9.47 Å². The summed E-state index contributed by atoms with van der Waals surface area (Å²) in [6.45, 7) is 4.42. The minimum atomic E-state index is 0.167. The Balaban J connectivity index is 2.10. The first-order chi connectivity index (χ1) is 4.68. The van der Waals surface area contributed by atoms with Crippen molar-refractivity contribution in [3.05, 3.63) is 0 Å². The maximum absolute atomic E-state index is 5.53. The summed E-state index contributed by atoms with van der Waals surface area (Å²) in [6, 6.07) is 0. The SMILES string of the molecule is COC1CC(C)C2(C)OC12. The first-order valence-electron chi connectivity index (χ1n) is 3.89. The lowest BCUT2D eigenvalue weighted by atomic mass is 10.00. The molecule has 1 aliphatic heterocycles. The highest BCUT2D eigenvalue weighted by Crippen LogP contribution is 2.53. The Kier molecular flexibility index (Phi) is 1.15. The molecule has 1 aliphatic carbocycles. The third-order valence-electron chi connectivity index (χ3n) is 3.09. The van der Waals surface area contributed by atoms with Crippen LogP contribution >= 0.6 is 0 Å². The topological polar surface area (TPSA) is 21.8 Å². The third kappa shape index (κ3) is 0.611. The molecule has 0 amide bonds. The van der Waals surface area contributed by atoms with Crippen molar-refractivity contribution in [1.29, 1.82) is 0 Å². The summed E-state index contributed by atoms with van der Waals surface area (Å²) in [5, 5.41) is 0. The van der Waals surface area contributed by atoms with Crippen molar-refractivity contribution in [1.82, 2.24) is 0 Å². The van der Waals surface area contributed by atoms with E-state index < -0.39 is 0 Å². The molecule has 1 saturated carbocycles. The van der Waals surface area contributed by atoms with Crippen LogP contribution in [0.5, 0.6) is 0 Å². The monoisotopic (exact) mass is 142 g/mol. The predicted octanol–water partition coefficient (Wildman–Crippen LogP) is 1.20. The van der Waals surface area contributed by atoms with Gasteiger partial charge in [-0.25, -0.2) is 0 Å². The van der Waals surface area contributed by atoms with Crippen molar-refractivity contribution in [2.45, 2.75) is 38.1 Å². The molecule has 58 valence electrons. The molecule has 0 aromatic heterocycles. The average Bonchev–Trinajstić information content (AvgIpc) is 2.52. The molecule has 1 saturated heterocycles. The Morgan fingerprint density at radius 1 is 1.60 bits per heavy atom. The zero-order chi connectivity index (χ0) is 7.35. The van der Waals surface area contributed by atoms with Gasteiger partial charge < -0.3 is 9.47 Å². The van der Waals surface area contributed by atoms with E-state index in [2.05, 4.69) is 13.8 Å². The van der Waals surface area contributed by atoms with E-state index in [9.17, 15) is 0 Å². The molecule has 0 aromatic rings. The molecule has 2 heteroatoms. The van der Waals surface area contributed by atoms with Gasteiger partial charge in [-0.2, -0.15) is 0 Å². The normalized spacial score (nSPS) is 58.5. The van der Waals surface area contributed by atoms with Crippen molar-refractivity contribution >= 4 is 0 Å². The fourth-order valence-corrected chi connectivity index (χ4v) is 2.01. The highest BCUT2D eigenvalue weighted by molar-refractivity contribution is 5.12. The molecule has 0 aromatic carbocycles. The summed E-state index contributed by atoms with van der Waals surface area (Å²) in [5.41, 5.74) is 0.167. The number of hydrogen-bond donors (Lipinski definition) is 0. The van der Waals surface area contributed by atoms with Gasteiger partial charge in [-0.1, -0.05) is 6.92 Å². The van der Waals surface area contributed by atoms with Crippen LogP contribution in [-0.4, -0.2) is 24.9 Å². The van der Waals surface area contributed by atoms with E-state index in [0.29, 0.717) is 18.1 Å². The summed E-state index contributed by atoms with van der Waals surface area (Å²) in [4.78, 5) is 0. The van der Waals surface area contributed by atoms with Gasteiger partial charge in [-0.05, 0) is 19.3 Å². The van der Waals surface area contributed by atoms with Gasteiger partial charge in [0, 0.05) is 7.11 Å². The Labute approximate surface area is 61.5 Å². The fourth-order valence-electron chi connectivity index (χ4n) is 2.01. The van der Waals surface area contributed by atoms with Gasteiger partial charge in [0.2, 0.25) is 0 Å². The van der Waals surface area contributed by atoms with Gasteiger partial charge in [0.05, 0.1) is 11.7 Å². The van der Waals surface area contributed by atoms with E-state index in [1.54, 1.807) is 7.11 Å². The lowest BCUT2D eigenvalue weighted by Gasteiger charge is -2.12. The van der Waals surface area contributed by atoms with E-state index in [1.807, 2.05) is 0 Å². The molecule has 4 unspecified atom stereocenters. The molecule has 2 fully saturated rings. The summed E-state index contributed by atoms with van der Waals surface area (Å²) in [7, 11) is 1.77. The van der Waals surface area contributed by atoms with Crippen molar-refractivity contribution in [2.75, 3.05) is 7.11 Å². The number of rotatable bonds is 1. The summed E-state index contributed by atoms with van der Waals surface area (Å²) in [5.74, 6) is 0.669. The first kappa shape index (κ1) is 6.62. The van der Waals surface area contributed by atoms with Crippen LogP contribution in [0.2, 0.25) is 0 Å². The number of hydrogen-bond acceptors (Lipinski definition) is 2. The molecule has 0 spiro atoms. The predicted molar refractivity (Wildman–Crippen MR) is 37.9 cm³/mol. The van der Waals surface area contributed by atoms with Crippen LogP contribution in [0.3, 0.4) is 0 Å². The number of fused-ring (bicyclic) bond motifs is 1. The van der Waals surface area contributed by atoms with Crippen LogP contribution in [0.1, 0.15) is 20.3 Å². The Bertz CT molecular complexity index is 157. The van der Waals surface area contributed by atoms with E-state index in [4.69, 9.17) is 9.47 Å². The van der Waals surface area contributed by atoms with E-state index >= 15 is 0 Å². The van der Waals surface area contributed by atoms with Crippen molar-refractivity contribution in [3.63, 3.8) is 0 Å². The van der Waals surface area contributed by atoms with Gasteiger partial charge in [-0.3, -0.25) is 0 Å². The largest absolute Gasteiger partial charge is 0.379 e. The lowest BCUT2D eigenvalue weighted by Crippen LogP contribution is -2.13. The summed E-state index contributed by atoms with van der Waals surface area (Å²) in [6.07, 6.45) is 1.92. The van der Waals surface area contributed by atoms with Gasteiger partial charge >= 0.3 is 0 Å². The number of methoxy groups -OCH3 is 1. The molecule has 1 heterocycles. The minimum Gasteiger partial charge on any atom is -0.379 e. The standard InChI is InChI=1S/C8H14O2/c1-5-4-6(9-3)7-8(5,2)10-7/h5-7H,4H2,1-3H3. The smallest absolute Gasteiger partial charge is 0.113 e. The second kappa shape index (κ2) is 1.74. The van der Waals surface area contributed by atoms with Crippen molar-refractivity contribution in [2.24, 2.45) is 5.92 Å². The molecular weight excluding hydrogens is 128 g/mol. The van der Waals surface area contributed by atoms with Crippen LogP contribution in [-0.2, 0) is 9.47 Å². The van der Waals surface area contributed by atoms with Gasteiger partial charge in [0.25, 0.3) is 0 Å². The van der Waals surface area contributed by atoms with Gasteiger partial charge in [0.1, 0.15) is 6.10 Å². The van der Waals surface area contributed by atoms with Crippen LogP contribution < -0.4 is 0 Å². The molecule has 10 heavy (non-hydrogen) atoms. The molecule has 2 aliphatic rings. The molecule has 2 nitrogen and oxygen atoms in total.